The molecule has 0 aliphatic rings. The lowest BCUT2D eigenvalue weighted by Crippen LogP contribution is -1.93. The van der Waals surface area contributed by atoms with Gasteiger partial charge in [-0.1, -0.05) is 62.4 Å². The van der Waals surface area contributed by atoms with E-state index in [9.17, 15) is 0 Å². The van der Waals surface area contributed by atoms with Crippen molar-refractivity contribution in [2.24, 2.45) is 0 Å². The number of nitrogens with zero attached hydrogens (tertiary/aromatic N) is 2. The van der Waals surface area contributed by atoms with Gasteiger partial charge in [-0.25, -0.2) is 0 Å². The topological polar surface area (TPSA) is 25.8 Å². The highest BCUT2D eigenvalue weighted by Gasteiger charge is 2.11. The molecule has 0 amide bonds. The van der Waals surface area contributed by atoms with E-state index < -0.39 is 0 Å². The van der Waals surface area contributed by atoms with Gasteiger partial charge in [0.15, 0.2) is 0 Å². The van der Waals surface area contributed by atoms with Crippen molar-refractivity contribution in [3.8, 4) is 11.4 Å². The lowest BCUT2D eigenvalue weighted by molar-refractivity contribution is 1.20. The summed E-state index contributed by atoms with van der Waals surface area (Å²) in [7, 11) is 0. The third-order valence-electron chi connectivity index (χ3n) is 3.77. The molecule has 4 aromatic rings. The molecule has 0 radical (unpaired) electrons. The molecule has 0 unspecified atom stereocenters. The molecule has 2 heterocycles. The van der Waals surface area contributed by atoms with Crippen LogP contribution in [0.15, 0.2) is 66.9 Å². The van der Waals surface area contributed by atoms with Gasteiger partial charge in [-0.05, 0) is 29.8 Å². The van der Waals surface area contributed by atoms with E-state index >= 15 is 0 Å². The number of hydrogen-bond donors (Lipinski definition) is 0. The van der Waals surface area contributed by atoms with E-state index in [1.54, 1.807) is 0 Å². The molecule has 0 saturated carbocycles. The second kappa shape index (κ2) is 6.57. The molecule has 0 saturated heterocycles. The standard InChI is InChI=1S/C19H14N2.C2H6/c1-13-12-15-7-3-5-9-17(15)19(21-13)18-16-8-4-2-6-14(16)10-11-20-18;1-2/h2-12H,1H3;1-2H3. The summed E-state index contributed by atoms with van der Waals surface area (Å²) in [6, 6.07) is 20.8. The number of aryl methyl sites for hydroxylation is 1. The molecule has 0 bridgehead atoms. The quantitative estimate of drug-likeness (QED) is 0.445. The second-order valence-corrected chi connectivity index (χ2v) is 5.21. The average molecular weight is 300 g/mol. The summed E-state index contributed by atoms with van der Waals surface area (Å²) in [6.07, 6.45) is 1.86. The first-order chi connectivity index (χ1) is 11.3. The van der Waals surface area contributed by atoms with Gasteiger partial charge in [-0.15, -0.1) is 0 Å². The van der Waals surface area contributed by atoms with Crippen molar-refractivity contribution in [2.45, 2.75) is 20.8 Å². The number of aromatic nitrogens is 2. The summed E-state index contributed by atoms with van der Waals surface area (Å²) in [6.45, 7) is 6.03. The van der Waals surface area contributed by atoms with Crippen LogP contribution in [-0.2, 0) is 0 Å². The minimum Gasteiger partial charge on any atom is -0.254 e. The van der Waals surface area contributed by atoms with Crippen molar-refractivity contribution in [1.82, 2.24) is 9.97 Å². The predicted molar refractivity (Wildman–Crippen MR) is 98.6 cm³/mol. The van der Waals surface area contributed by atoms with E-state index in [2.05, 4.69) is 41.4 Å². The van der Waals surface area contributed by atoms with Crippen molar-refractivity contribution in [1.29, 1.82) is 0 Å². The monoisotopic (exact) mass is 300 g/mol. The number of fused-ring (bicyclic) bond motifs is 2. The number of pyridine rings is 2. The fourth-order valence-corrected chi connectivity index (χ4v) is 2.82. The van der Waals surface area contributed by atoms with E-state index in [0.29, 0.717) is 0 Å². The fraction of sp³-hybridized carbons (Fsp3) is 0.143. The zero-order valence-corrected chi connectivity index (χ0v) is 13.7. The molecule has 4 rings (SSSR count). The zero-order chi connectivity index (χ0) is 16.2. The average Bonchev–Trinajstić information content (AvgIpc) is 2.62. The molecule has 0 aliphatic carbocycles. The smallest absolute Gasteiger partial charge is 0.0973 e. The maximum absolute atomic E-state index is 4.76. The fourth-order valence-electron chi connectivity index (χ4n) is 2.82. The van der Waals surface area contributed by atoms with Crippen molar-refractivity contribution >= 4 is 21.5 Å². The van der Waals surface area contributed by atoms with E-state index in [-0.39, 0.29) is 0 Å². The molecule has 0 spiro atoms. The Labute approximate surface area is 136 Å². The van der Waals surface area contributed by atoms with Crippen LogP contribution in [0, 0.1) is 6.92 Å². The Bertz CT molecular complexity index is 953. The molecule has 0 atom stereocenters. The summed E-state index contributed by atoms with van der Waals surface area (Å²) in [5.41, 5.74) is 2.92. The van der Waals surface area contributed by atoms with Gasteiger partial charge >= 0.3 is 0 Å². The van der Waals surface area contributed by atoms with Crippen LogP contribution in [0.1, 0.15) is 19.5 Å². The van der Waals surface area contributed by atoms with Crippen LogP contribution in [-0.4, -0.2) is 9.97 Å². The van der Waals surface area contributed by atoms with Crippen LogP contribution in [0.25, 0.3) is 32.9 Å². The first-order valence-corrected chi connectivity index (χ1v) is 8.03. The van der Waals surface area contributed by atoms with Crippen molar-refractivity contribution in [2.75, 3.05) is 0 Å². The minimum absolute atomic E-state index is 0.952. The summed E-state index contributed by atoms with van der Waals surface area (Å²) >= 11 is 0. The van der Waals surface area contributed by atoms with Crippen LogP contribution in [0.4, 0.5) is 0 Å². The van der Waals surface area contributed by atoms with Gasteiger partial charge in [-0.3, -0.25) is 9.97 Å². The molecule has 0 N–H and O–H groups in total. The maximum atomic E-state index is 4.76. The molecule has 2 nitrogen and oxygen atoms in total. The normalized spacial score (nSPS) is 10.4. The van der Waals surface area contributed by atoms with Crippen LogP contribution in [0.3, 0.4) is 0 Å². The molecular formula is C21H20N2. The van der Waals surface area contributed by atoms with Crippen molar-refractivity contribution in [3.63, 3.8) is 0 Å². The predicted octanol–water partition coefficient (Wildman–Crippen LogP) is 5.78. The molecule has 2 aromatic heterocycles. The van der Waals surface area contributed by atoms with Gasteiger partial charge < -0.3 is 0 Å². The molecular weight excluding hydrogens is 280 g/mol. The Hall–Kier alpha value is -2.74. The summed E-state index contributed by atoms with van der Waals surface area (Å²) in [5.74, 6) is 0. The van der Waals surface area contributed by atoms with E-state index in [1.165, 1.54) is 10.8 Å². The van der Waals surface area contributed by atoms with E-state index in [1.807, 2.05) is 51.2 Å². The first-order valence-electron chi connectivity index (χ1n) is 8.03. The van der Waals surface area contributed by atoms with Crippen molar-refractivity contribution in [3.05, 3.63) is 72.6 Å². The molecule has 2 aromatic carbocycles. The Morgan fingerprint density at radius 3 is 2.04 bits per heavy atom. The Morgan fingerprint density at radius 2 is 1.30 bits per heavy atom. The Kier molecular flexibility index (Phi) is 4.33. The molecule has 23 heavy (non-hydrogen) atoms. The maximum Gasteiger partial charge on any atom is 0.0973 e. The minimum atomic E-state index is 0.952. The van der Waals surface area contributed by atoms with Gasteiger partial charge in [0.2, 0.25) is 0 Å². The van der Waals surface area contributed by atoms with Gasteiger partial charge in [0.05, 0.1) is 11.4 Å². The highest BCUT2D eigenvalue weighted by Crippen LogP contribution is 2.30. The summed E-state index contributed by atoms with van der Waals surface area (Å²) in [5, 5.41) is 4.68. The highest BCUT2D eigenvalue weighted by molar-refractivity contribution is 6.02. The first kappa shape index (κ1) is 15.2. The molecule has 114 valence electrons. The third-order valence-corrected chi connectivity index (χ3v) is 3.77. The van der Waals surface area contributed by atoms with Crippen LogP contribution >= 0.6 is 0 Å². The highest BCUT2D eigenvalue weighted by atomic mass is 14.8. The van der Waals surface area contributed by atoms with E-state index in [4.69, 9.17) is 4.98 Å². The van der Waals surface area contributed by atoms with E-state index in [0.717, 1.165) is 27.9 Å². The van der Waals surface area contributed by atoms with Crippen LogP contribution in [0.2, 0.25) is 0 Å². The lowest BCUT2D eigenvalue weighted by Gasteiger charge is -2.09. The van der Waals surface area contributed by atoms with Crippen LogP contribution in [0.5, 0.6) is 0 Å². The zero-order valence-electron chi connectivity index (χ0n) is 13.7. The van der Waals surface area contributed by atoms with Crippen LogP contribution < -0.4 is 0 Å². The number of benzene rings is 2. The summed E-state index contributed by atoms with van der Waals surface area (Å²) < 4.78 is 0. The Balaban J connectivity index is 0.000000753. The summed E-state index contributed by atoms with van der Waals surface area (Å²) in [4.78, 5) is 9.37. The largest absolute Gasteiger partial charge is 0.254 e. The van der Waals surface area contributed by atoms with Gasteiger partial charge in [0, 0.05) is 22.7 Å². The van der Waals surface area contributed by atoms with Crippen molar-refractivity contribution < 1.29 is 0 Å². The lowest BCUT2D eigenvalue weighted by atomic mass is 10.0. The second-order valence-electron chi connectivity index (χ2n) is 5.21. The van der Waals surface area contributed by atoms with Gasteiger partial charge in [-0.2, -0.15) is 0 Å². The Morgan fingerprint density at radius 1 is 0.696 bits per heavy atom. The van der Waals surface area contributed by atoms with Gasteiger partial charge in [0.25, 0.3) is 0 Å². The number of rotatable bonds is 1. The third kappa shape index (κ3) is 2.80. The molecule has 0 aliphatic heterocycles. The van der Waals surface area contributed by atoms with Gasteiger partial charge in [0.1, 0.15) is 0 Å². The SMILES string of the molecule is CC.Cc1cc2ccccc2c(-c2nccc3ccccc23)n1. The molecule has 2 heteroatoms. The number of hydrogen-bond acceptors (Lipinski definition) is 2. The molecule has 0 fully saturated rings.